The minimum absolute atomic E-state index is 0.417. The number of hydrogen-bond acceptors (Lipinski definition) is 5. The highest BCUT2D eigenvalue weighted by molar-refractivity contribution is 5.60. The highest BCUT2D eigenvalue weighted by Gasteiger charge is 2.23. The quantitative estimate of drug-likeness (QED) is 0.755. The van der Waals surface area contributed by atoms with Crippen LogP contribution in [0.4, 0.5) is 11.5 Å². The summed E-state index contributed by atoms with van der Waals surface area (Å²) >= 11 is 0. The van der Waals surface area contributed by atoms with E-state index in [0.717, 1.165) is 48.0 Å². The maximum absolute atomic E-state index is 4.93. The zero-order valence-corrected chi connectivity index (χ0v) is 15.9. The van der Waals surface area contributed by atoms with Crippen LogP contribution in [0.25, 0.3) is 11.4 Å². The van der Waals surface area contributed by atoms with E-state index in [9.17, 15) is 0 Å². The third-order valence-corrected chi connectivity index (χ3v) is 5.17. The second kappa shape index (κ2) is 7.74. The molecule has 0 radical (unpaired) electrons. The fourth-order valence-corrected chi connectivity index (χ4v) is 3.61. The molecule has 2 aromatic heterocycles. The van der Waals surface area contributed by atoms with Crippen molar-refractivity contribution >= 4 is 11.5 Å². The fraction of sp³-hybridized carbons (Fsp3) is 0.318. The van der Waals surface area contributed by atoms with Gasteiger partial charge in [-0.3, -0.25) is 4.98 Å². The number of pyridine rings is 1. The summed E-state index contributed by atoms with van der Waals surface area (Å²) in [5.41, 5.74) is 4.38. The number of benzene rings is 1. The Bertz CT molecular complexity index is 895. The standard InChI is InChI=1S/C22H25N5/c1-16-17(2)24-21(18-10-12-23-13-11-18)26-22(16)27-14-6-9-20(15-27)25-19-7-4-3-5-8-19/h3-5,7-8,10-13,20,25H,6,9,14-15H2,1-2H3. The van der Waals surface area contributed by atoms with Crippen molar-refractivity contribution < 1.29 is 0 Å². The van der Waals surface area contributed by atoms with E-state index in [2.05, 4.69) is 53.3 Å². The molecule has 1 saturated heterocycles. The van der Waals surface area contributed by atoms with Crippen LogP contribution < -0.4 is 10.2 Å². The molecule has 1 atom stereocenters. The van der Waals surface area contributed by atoms with Gasteiger partial charge in [-0.2, -0.15) is 0 Å². The van der Waals surface area contributed by atoms with Crippen LogP contribution in [-0.4, -0.2) is 34.1 Å². The molecule has 0 aliphatic carbocycles. The lowest BCUT2D eigenvalue weighted by molar-refractivity contribution is 0.525. The average molecular weight is 359 g/mol. The van der Waals surface area contributed by atoms with Crippen molar-refractivity contribution in [2.45, 2.75) is 32.7 Å². The van der Waals surface area contributed by atoms with Crippen molar-refractivity contribution in [1.82, 2.24) is 15.0 Å². The Morgan fingerprint density at radius 3 is 2.56 bits per heavy atom. The fourth-order valence-electron chi connectivity index (χ4n) is 3.61. The second-order valence-electron chi connectivity index (χ2n) is 7.11. The van der Waals surface area contributed by atoms with Crippen LogP contribution >= 0.6 is 0 Å². The van der Waals surface area contributed by atoms with Gasteiger partial charge in [0.25, 0.3) is 0 Å². The van der Waals surface area contributed by atoms with Crippen molar-refractivity contribution in [2.24, 2.45) is 0 Å². The van der Waals surface area contributed by atoms with Gasteiger partial charge < -0.3 is 10.2 Å². The SMILES string of the molecule is Cc1nc(-c2ccncc2)nc(N2CCCC(Nc3ccccc3)C2)c1C. The van der Waals surface area contributed by atoms with Crippen LogP contribution in [0, 0.1) is 13.8 Å². The summed E-state index contributed by atoms with van der Waals surface area (Å²) in [5.74, 6) is 1.82. The smallest absolute Gasteiger partial charge is 0.161 e. The number of piperidine rings is 1. The summed E-state index contributed by atoms with van der Waals surface area (Å²) in [6.45, 7) is 6.16. The molecular formula is C22H25N5. The van der Waals surface area contributed by atoms with E-state index in [1.54, 1.807) is 12.4 Å². The molecule has 1 aliphatic rings. The third kappa shape index (κ3) is 3.92. The van der Waals surface area contributed by atoms with Crippen LogP contribution in [0.15, 0.2) is 54.9 Å². The van der Waals surface area contributed by atoms with Crippen molar-refractivity contribution in [3.8, 4) is 11.4 Å². The number of rotatable bonds is 4. The minimum Gasteiger partial charge on any atom is -0.381 e. The molecular weight excluding hydrogens is 334 g/mol. The van der Waals surface area contributed by atoms with Gasteiger partial charge in [0.05, 0.1) is 0 Å². The van der Waals surface area contributed by atoms with Gasteiger partial charge in [-0.05, 0) is 51.0 Å². The van der Waals surface area contributed by atoms with Gasteiger partial charge in [0.15, 0.2) is 5.82 Å². The van der Waals surface area contributed by atoms with E-state index < -0.39 is 0 Å². The lowest BCUT2D eigenvalue weighted by atomic mass is 10.0. The zero-order valence-electron chi connectivity index (χ0n) is 15.9. The highest BCUT2D eigenvalue weighted by atomic mass is 15.2. The van der Waals surface area contributed by atoms with Crippen molar-refractivity contribution in [2.75, 3.05) is 23.3 Å². The monoisotopic (exact) mass is 359 g/mol. The third-order valence-electron chi connectivity index (χ3n) is 5.17. The molecule has 0 saturated carbocycles. The number of anilines is 2. The van der Waals surface area contributed by atoms with Crippen molar-refractivity contribution in [1.29, 1.82) is 0 Å². The van der Waals surface area contributed by atoms with E-state index in [1.165, 1.54) is 12.1 Å². The molecule has 27 heavy (non-hydrogen) atoms. The van der Waals surface area contributed by atoms with E-state index in [1.807, 2.05) is 18.2 Å². The number of nitrogens with zero attached hydrogens (tertiary/aromatic N) is 4. The van der Waals surface area contributed by atoms with E-state index in [4.69, 9.17) is 9.97 Å². The molecule has 5 nitrogen and oxygen atoms in total. The van der Waals surface area contributed by atoms with Gasteiger partial charge in [-0.25, -0.2) is 9.97 Å². The van der Waals surface area contributed by atoms with Crippen LogP contribution in [0.1, 0.15) is 24.1 Å². The largest absolute Gasteiger partial charge is 0.381 e. The van der Waals surface area contributed by atoms with Gasteiger partial charge in [0.1, 0.15) is 5.82 Å². The Hall–Kier alpha value is -2.95. The Labute approximate surface area is 160 Å². The number of para-hydroxylation sites is 1. The van der Waals surface area contributed by atoms with Crippen LogP contribution in [0.3, 0.4) is 0 Å². The zero-order chi connectivity index (χ0) is 18.6. The predicted molar refractivity (Wildman–Crippen MR) is 110 cm³/mol. The Morgan fingerprint density at radius 2 is 1.78 bits per heavy atom. The summed E-state index contributed by atoms with van der Waals surface area (Å²) in [7, 11) is 0. The van der Waals surface area contributed by atoms with Crippen molar-refractivity contribution in [3.63, 3.8) is 0 Å². The molecule has 1 fully saturated rings. The molecule has 1 aliphatic heterocycles. The lowest BCUT2D eigenvalue weighted by Crippen LogP contribution is -2.43. The van der Waals surface area contributed by atoms with Crippen LogP contribution in [0.2, 0.25) is 0 Å². The summed E-state index contributed by atoms with van der Waals surface area (Å²) in [6, 6.07) is 14.8. The minimum atomic E-state index is 0.417. The second-order valence-corrected chi connectivity index (χ2v) is 7.11. The summed E-state index contributed by atoms with van der Waals surface area (Å²) in [5, 5.41) is 3.67. The van der Waals surface area contributed by atoms with Crippen molar-refractivity contribution in [3.05, 3.63) is 66.1 Å². The molecule has 1 unspecified atom stereocenters. The Balaban J connectivity index is 1.59. The number of aryl methyl sites for hydroxylation is 1. The first-order valence-corrected chi connectivity index (χ1v) is 9.53. The van der Waals surface area contributed by atoms with Gasteiger partial charge in [-0.15, -0.1) is 0 Å². The molecule has 3 aromatic rings. The van der Waals surface area contributed by atoms with E-state index in [0.29, 0.717) is 6.04 Å². The van der Waals surface area contributed by atoms with Gasteiger partial charge in [-0.1, -0.05) is 18.2 Å². The number of hydrogen-bond donors (Lipinski definition) is 1. The van der Waals surface area contributed by atoms with E-state index in [-0.39, 0.29) is 0 Å². The lowest BCUT2D eigenvalue weighted by Gasteiger charge is -2.35. The van der Waals surface area contributed by atoms with Gasteiger partial charge in [0, 0.05) is 54.0 Å². The van der Waals surface area contributed by atoms with Gasteiger partial charge in [0.2, 0.25) is 0 Å². The average Bonchev–Trinajstić information content (AvgIpc) is 2.71. The maximum atomic E-state index is 4.93. The topological polar surface area (TPSA) is 53.9 Å². The summed E-state index contributed by atoms with van der Waals surface area (Å²) in [4.78, 5) is 16.1. The van der Waals surface area contributed by atoms with Crippen LogP contribution in [0.5, 0.6) is 0 Å². The summed E-state index contributed by atoms with van der Waals surface area (Å²) < 4.78 is 0. The summed E-state index contributed by atoms with van der Waals surface area (Å²) in [6.07, 6.45) is 5.89. The van der Waals surface area contributed by atoms with Crippen LogP contribution in [-0.2, 0) is 0 Å². The molecule has 0 bridgehead atoms. The molecule has 0 amide bonds. The predicted octanol–water partition coefficient (Wildman–Crippen LogP) is 4.24. The Morgan fingerprint density at radius 1 is 1.00 bits per heavy atom. The number of aromatic nitrogens is 3. The maximum Gasteiger partial charge on any atom is 0.161 e. The molecule has 4 rings (SSSR count). The molecule has 1 aromatic carbocycles. The molecule has 5 heteroatoms. The molecule has 0 spiro atoms. The molecule has 3 heterocycles. The first kappa shape index (κ1) is 17.5. The highest BCUT2D eigenvalue weighted by Crippen LogP contribution is 2.27. The normalized spacial score (nSPS) is 17.0. The van der Waals surface area contributed by atoms with Gasteiger partial charge >= 0.3 is 0 Å². The first-order valence-electron chi connectivity index (χ1n) is 9.53. The first-order chi connectivity index (χ1) is 13.2. The molecule has 138 valence electrons. The number of nitrogens with one attached hydrogen (secondary N) is 1. The van der Waals surface area contributed by atoms with E-state index >= 15 is 0 Å². The Kier molecular flexibility index (Phi) is 5.01. The molecule has 1 N–H and O–H groups in total.